The first kappa shape index (κ1) is 31.3. The number of unbranched alkanes of at least 4 members (excludes halogenated alkanes) is 1. The standard InChI is InChI=1S/C29H34F3N3O6/c1-27(2,3)41-26(38)35-22(18-40-28(35,4)5)25(37)34-33-24(36)20-14-15-23(21(17-20)29(30,31)32)39-16-10-9-13-19-11-7-6-8-12-19/h6-8,11-12,14-15,17-18H,9-10,13,16H2,1-5H3,(H,33,36)(H,34,37). The van der Waals surface area contributed by atoms with Crippen molar-refractivity contribution in [2.45, 2.75) is 71.4 Å². The molecule has 0 radical (unpaired) electrons. The minimum Gasteiger partial charge on any atom is -0.493 e. The fraction of sp³-hybridized carbons (Fsp3) is 0.414. The molecule has 12 heteroatoms. The summed E-state index contributed by atoms with van der Waals surface area (Å²) in [5.41, 5.74) is 1.40. The van der Waals surface area contributed by atoms with E-state index < -0.39 is 46.7 Å². The minimum absolute atomic E-state index is 0.0686. The van der Waals surface area contributed by atoms with Crippen LogP contribution in [-0.4, -0.2) is 40.7 Å². The van der Waals surface area contributed by atoms with Gasteiger partial charge in [-0.1, -0.05) is 30.3 Å². The zero-order valence-electron chi connectivity index (χ0n) is 23.6. The van der Waals surface area contributed by atoms with Crippen LogP contribution < -0.4 is 15.6 Å². The van der Waals surface area contributed by atoms with Crippen LogP contribution in [0, 0.1) is 0 Å². The highest BCUT2D eigenvalue weighted by atomic mass is 19.4. The Morgan fingerprint density at radius 2 is 1.61 bits per heavy atom. The van der Waals surface area contributed by atoms with E-state index in [1.807, 2.05) is 30.3 Å². The number of ether oxygens (including phenoxy) is 3. The van der Waals surface area contributed by atoms with Crippen molar-refractivity contribution in [1.29, 1.82) is 0 Å². The molecule has 0 spiro atoms. The Labute approximate surface area is 236 Å². The lowest BCUT2D eigenvalue weighted by Crippen LogP contribution is -2.51. The maximum Gasteiger partial charge on any atom is 0.419 e. The highest BCUT2D eigenvalue weighted by Crippen LogP contribution is 2.37. The van der Waals surface area contributed by atoms with Crippen LogP contribution in [0.15, 0.2) is 60.5 Å². The summed E-state index contributed by atoms with van der Waals surface area (Å²) in [5, 5.41) is 0. The van der Waals surface area contributed by atoms with Crippen molar-refractivity contribution in [1.82, 2.24) is 15.8 Å². The number of hydrogen-bond acceptors (Lipinski definition) is 6. The molecule has 222 valence electrons. The van der Waals surface area contributed by atoms with Crippen LogP contribution in [0.5, 0.6) is 5.75 Å². The average Bonchev–Trinajstić information content (AvgIpc) is 3.21. The third kappa shape index (κ3) is 8.63. The van der Waals surface area contributed by atoms with Gasteiger partial charge in [-0.15, -0.1) is 0 Å². The first-order valence-corrected chi connectivity index (χ1v) is 13.0. The molecule has 0 atom stereocenters. The van der Waals surface area contributed by atoms with Gasteiger partial charge in [0.05, 0.1) is 12.2 Å². The fourth-order valence-electron chi connectivity index (χ4n) is 3.90. The van der Waals surface area contributed by atoms with Crippen molar-refractivity contribution < 1.29 is 41.8 Å². The molecule has 3 rings (SSSR count). The van der Waals surface area contributed by atoms with Crippen LogP contribution in [0.2, 0.25) is 0 Å². The fourth-order valence-corrected chi connectivity index (χ4v) is 3.90. The number of benzene rings is 2. The Bertz CT molecular complexity index is 1290. The number of hydrazine groups is 1. The number of carbonyl (C=O) groups is 3. The Kier molecular flexibility index (Phi) is 9.57. The topological polar surface area (TPSA) is 106 Å². The van der Waals surface area contributed by atoms with Crippen LogP contribution in [0.4, 0.5) is 18.0 Å². The predicted molar refractivity (Wildman–Crippen MR) is 143 cm³/mol. The van der Waals surface area contributed by atoms with E-state index in [9.17, 15) is 27.6 Å². The third-order valence-electron chi connectivity index (χ3n) is 5.84. The lowest BCUT2D eigenvalue weighted by atomic mass is 10.1. The van der Waals surface area contributed by atoms with E-state index in [4.69, 9.17) is 14.2 Å². The second-order valence-electron chi connectivity index (χ2n) is 10.8. The number of alkyl halides is 3. The van der Waals surface area contributed by atoms with Crippen molar-refractivity contribution in [3.63, 3.8) is 0 Å². The van der Waals surface area contributed by atoms with Gasteiger partial charge in [-0.05, 0) is 77.6 Å². The second kappa shape index (κ2) is 12.5. The van der Waals surface area contributed by atoms with Gasteiger partial charge in [0.1, 0.15) is 17.6 Å². The van der Waals surface area contributed by atoms with Gasteiger partial charge >= 0.3 is 12.3 Å². The molecule has 0 saturated heterocycles. The van der Waals surface area contributed by atoms with Crippen LogP contribution in [0.1, 0.15) is 68.9 Å². The summed E-state index contributed by atoms with van der Waals surface area (Å²) < 4.78 is 57.4. The quantitative estimate of drug-likeness (QED) is 0.308. The van der Waals surface area contributed by atoms with E-state index in [2.05, 4.69) is 10.9 Å². The summed E-state index contributed by atoms with van der Waals surface area (Å²) in [5.74, 6) is -2.36. The van der Waals surface area contributed by atoms with Gasteiger partial charge in [0.25, 0.3) is 11.8 Å². The minimum atomic E-state index is -4.79. The molecule has 0 fully saturated rings. The summed E-state index contributed by atoms with van der Waals surface area (Å²) >= 11 is 0. The lowest BCUT2D eigenvalue weighted by Gasteiger charge is -2.33. The lowest BCUT2D eigenvalue weighted by molar-refractivity contribution is -0.139. The van der Waals surface area contributed by atoms with Gasteiger partial charge in [0.2, 0.25) is 0 Å². The van der Waals surface area contributed by atoms with Crippen LogP contribution >= 0.6 is 0 Å². The number of rotatable bonds is 8. The number of hydrogen-bond donors (Lipinski definition) is 2. The summed E-state index contributed by atoms with van der Waals surface area (Å²) in [6.45, 7) is 8.07. The molecule has 1 aliphatic heterocycles. The van der Waals surface area contributed by atoms with Crippen LogP contribution in [0.25, 0.3) is 0 Å². The van der Waals surface area contributed by atoms with Crippen LogP contribution in [0.3, 0.4) is 0 Å². The molecule has 0 saturated carbocycles. The SMILES string of the molecule is CC(C)(C)OC(=O)N1C(C(=O)NNC(=O)c2ccc(OCCCCc3ccccc3)c(C(F)(F)F)c2)=COC1(C)C. The molecule has 3 amide bonds. The van der Waals surface area contributed by atoms with E-state index >= 15 is 0 Å². The zero-order valence-corrected chi connectivity index (χ0v) is 23.6. The number of nitrogens with one attached hydrogen (secondary N) is 2. The molecule has 2 aromatic carbocycles. The number of nitrogens with zero attached hydrogens (tertiary/aromatic N) is 1. The molecular formula is C29H34F3N3O6. The van der Waals surface area contributed by atoms with Crippen molar-refractivity contribution in [2.75, 3.05) is 6.61 Å². The van der Waals surface area contributed by atoms with Crippen molar-refractivity contribution in [2.24, 2.45) is 0 Å². The van der Waals surface area contributed by atoms with E-state index in [0.717, 1.165) is 41.7 Å². The monoisotopic (exact) mass is 577 g/mol. The molecule has 41 heavy (non-hydrogen) atoms. The number of amides is 3. The predicted octanol–water partition coefficient (Wildman–Crippen LogP) is 5.71. The third-order valence-corrected chi connectivity index (χ3v) is 5.84. The Balaban J connectivity index is 1.61. The number of halogens is 3. The first-order chi connectivity index (χ1) is 19.1. The van der Waals surface area contributed by atoms with Gasteiger partial charge < -0.3 is 14.2 Å². The molecule has 1 aliphatic rings. The summed E-state index contributed by atoms with van der Waals surface area (Å²) in [6.07, 6.45) is -2.58. The van der Waals surface area contributed by atoms with Crippen molar-refractivity contribution in [3.8, 4) is 5.75 Å². The normalized spacial score (nSPS) is 14.5. The van der Waals surface area contributed by atoms with E-state index in [1.54, 1.807) is 20.8 Å². The van der Waals surface area contributed by atoms with Gasteiger partial charge in [-0.25, -0.2) is 9.69 Å². The number of aryl methyl sites for hydroxylation is 1. The van der Waals surface area contributed by atoms with E-state index in [1.165, 1.54) is 13.8 Å². The Morgan fingerprint density at radius 1 is 0.951 bits per heavy atom. The Hall–Kier alpha value is -4.22. The molecule has 0 aliphatic carbocycles. The van der Waals surface area contributed by atoms with E-state index in [0.29, 0.717) is 12.5 Å². The van der Waals surface area contributed by atoms with Crippen LogP contribution in [-0.2, 0) is 26.9 Å². The molecule has 9 nitrogen and oxygen atoms in total. The van der Waals surface area contributed by atoms with Gasteiger partial charge in [-0.3, -0.25) is 20.4 Å². The summed E-state index contributed by atoms with van der Waals surface area (Å²) in [4.78, 5) is 39.1. The maximum atomic E-state index is 13.8. The smallest absolute Gasteiger partial charge is 0.419 e. The first-order valence-electron chi connectivity index (χ1n) is 13.0. The molecule has 0 bridgehead atoms. The zero-order chi connectivity index (χ0) is 30.4. The number of carbonyl (C=O) groups excluding carboxylic acids is 3. The average molecular weight is 578 g/mol. The van der Waals surface area contributed by atoms with Crippen molar-refractivity contribution >= 4 is 17.9 Å². The molecule has 0 aromatic heterocycles. The Morgan fingerprint density at radius 3 is 2.24 bits per heavy atom. The summed E-state index contributed by atoms with van der Waals surface area (Å²) in [6, 6.07) is 12.6. The van der Waals surface area contributed by atoms with Crippen molar-refractivity contribution in [3.05, 3.63) is 77.2 Å². The molecular weight excluding hydrogens is 543 g/mol. The maximum absolute atomic E-state index is 13.8. The largest absolute Gasteiger partial charge is 0.493 e. The molecule has 1 heterocycles. The molecule has 0 unspecified atom stereocenters. The highest BCUT2D eigenvalue weighted by molar-refractivity contribution is 6.00. The van der Waals surface area contributed by atoms with E-state index in [-0.39, 0.29) is 17.9 Å². The van der Waals surface area contributed by atoms with Gasteiger partial charge in [0, 0.05) is 5.56 Å². The highest BCUT2D eigenvalue weighted by Gasteiger charge is 2.45. The second-order valence-corrected chi connectivity index (χ2v) is 10.8. The molecule has 2 aromatic rings. The molecule has 2 N–H and O–H groups in total. The summed E-state index contributed by atoms with van der Waals surface area (Å²) in [7, 11) is 0. The van der Waals surface area contributed by atoms with Gasteiger partial charge in [-0.2, -0.15) is 13.2 Å². The van der Waals surface area contributed by atoms with Gasteiger partial charge in [0.15, 0.2) is 11.4 Å².